The Kier molecular flexibility index (Phi) is 7.10. The number of halogens is 2. The van der Waals surface area contributed by atoms with Crippen molar-refractivity contribution in [3.05, 3.63) is 112 Å². The molecule has 0 unspecified atom stereocenters. The number of rotatable bonds is 8. The van der Waals surface area contributed by atoms with Crippen molar-refractivity contribution in [2.45, 2.75) is 19.3 Å². The molecule has 2 N–H and O–H groups in total. The van der Waals surface area contributed by atoms with Gasteiger partial charge in [0.15, 0.2) is 0 Å². The van der Waals surface area contributed by atoms with E-state index in [4.69, 9.17) is 27.9 Å². The molecule has 0 aliphatic rings. The van der Waals surface area contributed by atoms with E-state index >= 15 is 0 Å². The minimum atomic E-state index is -0.576. The molecule has 0 saturated heterocycles. The Morgan fingerprint density at radius 3 is 2.45 bits per heavy atom. The highest BCUT2D eigenvalue weighted by molar-refractivity contribution is 6.35. The van der Waals surface area contributed by atoms with Gasteiger partial charge in [0.05, 0.1) is 6.10 Å². The van der Waals surface area contributed by atoms with Gasteiger partial charge >= 0.3 is 0 Å². The largest absolute Gasteiger partial charge is 0.488 e. The van der Waals surface area contributed by atoms with Crippen molar-refractivity contribution in [1.29, 1.82) is 0 Å². The number of benzene rings is 4. The van der Waals surface area contributed by atoms with E-state index in [2.05, 4.69) is 23.5 Å². The number of ether oxygens (including phenoxy) is 1. The van der Waals surface area contributed by atoms with Gasteiger partial charge in [-0.05, 0) is 34.5 Å². The zero-order chi connectivity index (χ0) is 21.6. The van der Waals surface area contributed by atoms with Crippen molar-refractivity contribution >= 4 is 34.0 Å². The molecule has 4 aromatic carbocycles. The maximum absolute atomic E-state index is 10.5. The Morgan fingerprint density at radius 2 is 1.65 bits per heavy atom. The van der Waals surface area contributed by atoms with E-state index in [0.717, 1.165) is 33.2 Å². The van der Waals surface area contributed by atoms with Crippen LogP contribution in [0.4, 0.5) is 0 Å². The van der Waals surface area contributed by atoms with Gasteiger partial charge in [0.2, 0.25) is 0 Å². The van der Waals surface area contributed by atoms with Crippen LogP contribution in [0, 0.1) is 0 Å². The molecule has 0 fully saturated rings. The molecule has 0 aromatic heterocycles. The summed E-state index contributed by atoms with van der Waals surface area (Å²) in [6.07, 6.45) is -0.576. The van der Waals surface area contributed by atoms with Crippen molar-refractivity contribution in [3.63, 3.8) is 0 Å². The molecule has 4 aromatic rings. The summed E-state index contributed by atoms with van der Waals surface area (Å²) in [5.41, 5.74) is 2.81. The summed E-state index contributed by atoms with van der Waals surface area (Å²) >= 11 is 12.3. The molecule has 5 heteroatoms. The second-order valence-electron chi connectivity index (χ2n) is 7.35. The van der Waals surface area contributed by atoms with Crippen LogP contribution in [0.25, 0.3) is 10.8 Å². The van der Waals surface area contributed by atoms with Gasteiger partial charge in [-0.1, -0.05) is 89.9 Å². The average molecular weight is 452 g/mol. The van der Waals surface area contributed by atoms with Crippen LogP contribution in [-0.4, -0.2) is 11.7 Å². The molecule has 0 heterocycles. The van der Waals surface area contributed by atoms with Gasteiger partial charge < -0.3 is 15.2 Å². The second-order valence-corrected chi connectivity index (χ2v) is 8.19. The molecule has 0 spiro atoms. The van der Waals surface area contributed by atoms with E-state index in [1.165, 1.54) is 0 Å². The van der Waals surface area contributed by atoms with E-state index in [1.54, 1.807) is 12.1 Å². The van der Waals surface area contributed by atoms with Crippen molar-refractivity contribution in [3.8, 4) is 5.75 Å². The average Bonchev–Trinajstić information content (AvgIpc) is 2.79. The van der Waals surface area contributed by atoms with Gasteiger partial charge in [-0.2, -0.15) is 0 Å². The molecule has 31 heavy (non-hydrogen) atoms. The van der Waals surface area contributed by atoms with Gasteiger partial charge in [0, 0.05) is 34.3 Å². The number of aliphatic hydroxyl groups is 1. The summed E-state index contributed by atoms with van der Waals surface area (Å²) in [6.45, 7) is 1.35. The lowest BCUT2D eigenvalue weighted by Crippen LogP contribution is -2.21. The number of hydrogen-bond acceptors (Lipinski definition) is 3. The van der Waals surface area contributed by atoms with E-state index < -0.39 is 6.10 Å². The molecule has 158 valence electrons. The van der Waals surface area contributed by atoms with Crippen molar-refractivity contribution < 1.29 is 9.84 Å². The van der Waals surface area contributed by atoms with Crippen molar-refractivity contribution in [1.82, 2.24) is 5.32 Å². The van der Waals surface area contributed by atoms with Gasteiger partial charge in [0.1, 0.15) is 12.4 Å². The Labute approximate surface area is 192 Å². The molecule has 0 aliphatic heterocycles. The third-order valence-corrected chi connectivity index (χ3v) is 5.81. The first-order chi connectivity index (χ1) is 15.1. The minimum absolute atomic E-state index is 0.341. The SMILES string of the molecule is O[C@H](CNCc1c(OCc2ccc(Cl)cc2Cl)ccc2ccccc12)c1ccccc1. The lowest BCUT2D eigenvalue weighted by atomic mass is 10.0. The standard InChI is InChI=1S/C26H23Cl2NO2/c27-21-12-10-20(24(28)14-21)17-31-26-13-11-18-6-4-5-9-22(18)23(26)15-29-16-25(30)19-7-2-1-3-8-19/h1-14,25,29-30H,15-17H2/t25-/m1/s1. The summed E-state index contributed by atoms with van der Waals surface area (Å²) in [6, 6.07) is 27.3. The summed E-state index contributed by atoms with van der Waals surface area (Å²) in [5.74, 6) is 0.784. The fourth-order valence-corrected chi connectivity index (χ4v) is 4.02. The zero-order valence-electron chi connectivity index (χ0n) is 16.9. The van der Waals surface area contributed by atoms with Gasteiger partial charge in [-0.3, -0.25) is 0 Å². The van der Waals surface area contributed by atoms with Crippen LogP contribution >= 0.6 is 23.2 Å². The van der Waals surface area contributed by atoms with Gasteiger partial charge in [-0.25, -0.2) is 0 Å². The number of fused-ring (bicyclic) bond motifs is 1. The summed E-state index contributed by atoms with van der Waals surface area (Å²) in [4.78, 5) is 0. The highest BCUT2D eigenvalue weighted by Crippen LogP contribution is 2.30. The maximum Gasteiger partial charge on any atom is 0.124 e. The predicted molar refractivity (Wildman–Crippen MR) is 128 cm³/mol. The molecule has 0 amide bonds. The zero-order valence-corrected chi connectivity index (χ0v) is 18.4. The lowest BCUT2D eigenvalue weighted by molar-refractivity contribution is 0.174. The molecule has 0 saturated carbocycles. The molecule has 4 rings (SSSR count). The Hall–Kier alpha value is -2.56. The third kappa shape index (κ3) is 5.38. The van der Waals surface area contributed by atoms with Crippen LogP contribution in [0.2, 0.25) is 10.0 Å². The van der Waals surface area contributed by atoms with Crippen LogP contribution in [0.1, 0.15) is 22.8 Å². The highest BCUT2D eigenvalue weighted by Gasteiger charge is 2.12. The van der Waals surface area contributed by atoms with Gasteiger partial charge in [-0.15, -0.1) is 0 Å². The lowest BCUT2D eigenvalue weighted by Gasteiger charge is -2.17. The van der Waals surface area contributed by atoms with Crippen molar-refractivity contribution in [2.75, 3.05) is 6.54 Å². The number of nitrogens with one attached hydrogen (secondary N) is 1. The van der Waals surface area contributed by atoms with E-state index in [9.17, 15) is 5.11 Å². The Bertz CT molecular complexity index is 1160. The van der Waals surface area contributed by atoms with Crippen LogP contribution < -0.4 is 10.1 Å². The van der Waals surface area contributed by atoms with Gasteiger partial charge in [0.25, 0.3) is 0 Å². The van der Waals surface area contributed by atoms with E-state index in [0.29, 0.717) is 29.7 Å². The predicted octanol–water partition coefficient (Wildman–Crippen LogP) is 6.55. The summed E-state index contributed by atoms with van der Waals surface area (Å²) in [5, 5.41) is 17.3. The third-order valence-electron chi connectivity index (χ3n) is 5.22. The molecule has 0 aliphatic carbocycles. The fraction of sp³-hybridized carbons (Fsp3) is 0.154. The maximum atomic E-state index is 10.5. The molecular weight excluding hydrogens is 429 g/mol. The monoisotopic (exact) mass is 451 g/mol. The molecule has 0 bridgehead atoms. The first kappa shape index (κ1) is 21.7. The van der Waals surface area contributed by atoms with Crippen LogP contribution in [0.5, 0.6) is 5.75 Å². The van der Waals surface area contributed by atoms with E-state index in [-0.39, 0.29) is 0 Å². The normalized spacial score (nSPS) is 12.1. The number of hydrogen-bond donors (Lipinski definition) is 2. The van der Waals surface area contributed by atoms with Crippen molar-refractivity contribution in [2.24, 2.45) is 0 Å². The van der Waals surface area contributed by atoms with Crippen LogP contribution in [0.15, 0.2) is 84.9 Å². The van der Waals surface area contributed by atoms with Crippen LogP contribution in [-0.2, 0) is 13.2 Å². The van der Waals surface area contributed by atoms with E-state index in [1.807, 2.05) is 54.6 Å². The first-order valence-corrected chi connectivity index (χ1v) is 10.9. The smallest absolute Gasteiger partial charge is 0.124 e. The topological polar surface area (TPSA) is 41.5 Å². The fourth-order valence-electron chi connectivity index (χ4n) is 3.55. The molecule has 0 radical (unpaired) electrons. The summed E-state index contributed by atoms with van der Waals surface area (Å²) < 4.78 is 6.16. The minimum Gasteiger partial charge on any atom is -0.488 e. The quantitative estimate of drug-likeness (QED) is 0.319. The molecule has 3 nitrogen and oxygen atoms in total. The van der Waals surface area contributed by atoms with Crippen LogP contribution in [0.3, 0.4) is 0 Å². The highest BCUT2D eigenvalue weighted by atomic mass is 35.5. The first-order valence-electron chi connectivity index (χ1n) is 10.1. The Balaban J connectivity index is 1.52. The Morgan fingerprint density at radius 1 is 0.871 bits per heavy atom. The number of aliphatic hydroxyl groups excluding tert-OH is 1. The summed E-state index contributed by atoms with van der Waals surface area (Å²) in [7, 11) is 0. The molecular formula is C26H23Cl2NO2. The molecule has 1 atom stereocenters. The second kappa shape index (κ2) is 10.2.